The molecule has 0 spiro atoms. The fourth-order valence-corrected chi connectivity index (χ4v) is 3.14. The highest BCUT2D eigenvalue weighted by Gasteiger charge is 2.15. The predicted octanol–water partition coefficient (Wildman–Crippen LogP) is 1.04. The van der Waals surface area contributed by atoms with Crippen LogP contribution < -0.4 is 10.3 Å². The van der Waals surface area contributed by atoms with Crippen LogP contribution in [0.3, 0.4) is 0 Å². The Morgan fingerprint density at radius 3 is 2.64 bits per heavy atom. The fraction of sp³-hybridized carbons (Fsp3) is 0.316. The van der Waals surface area contributed by atoms with Gasteiger partial charge in [0.15, 0.2) is 11.2 Å². The van der Waals surface area contributed by atoms with Crippen molar-refractivity contribution in [2.45, 2.75) is 13.0 Å². The van der Waals surface area contributed by atoms with Crippen molar-refractivity contribution in [1.29, 1.82) is 0 Å². The van der Waals surface area contributed by atoms with Gasteiger partial charge in [-0.1, -0.05) is 0 Å². The molecule has 9 nitrogen and oxygen atoms in total. The van der Waals surface area contributed by atoms with Gasteiger partial charge in [-0.3, -0.25) is 4.79 Å². The second kappa shape index (κ2) is 7.45. The number of imidazole rings is 2. The van der Waals surface area contributed by atoms with E-state index in [1.807, 2.05) is 24.3 Å². The molecule has 28 heavy (non-hydrogen) atoms. The number of hydrogen-bond donors (Lipinski definition) is 3. The number of rotatable bonds is 7. The zero-order chi connectivity index (χ0) is 19.7. The predicted molar refractivity (Wildman–Crippen MR) is 103 cm³/mol. The van der Waals surface area contributed by atoms with Crippen LogP contribution in [0.5, 0.6) is 5.75 Å². The van der Waals surface area contributed by atoms with Gasteiger partial charge in [0.2, 0.25) is 5.78 Å². The molecule has 3 heterocycles. The van der Waals surface area contributed by atoms with Crippen LogP contribution in [0.1, 0.15) is 6.42 Å². The molecule has 0 amide bonds. The average Bonchev–Trinajstić information content (AvgIpc) is 3.34. The largest absolute Gasteiger partial charge is 0.497 e. The van der Waals surface area contributed by atoms with Crippen LogP contribution in [0.4, 0.5) is 0 Å². The number of nitrogens with zero attached hydrogens (tertiary/aromatic N) is 4. The molecule has 3 aromatic heterocycles. The van der Waals surface area contributed by atoms with E-state index in [1.54, 1.807) is 24.2 Å². The Kier molecular flexibility index (Phi) is 4.84. The molecule has 0 fully saturated rings. The van der Waals surface area contributed by atoms with Gasteiger partial charge in [0.25, 0.3) is 5.56 Å². The van der Waals surface area contributed by atoms with Gasteiger partial charge in [0.1, 0.15) is 5.75 Å². The standard InChI is InChI=1S/C19H21N5O4/c1-28-14-4-2-13(3-5-14)15-8-24-18(27)16-17(22-19(24)21-15)23(11-20-16)7-6-12(9-25)10-26/h2-5,8,11-12,25-26H,6-7,9-10H2,1H3,(H,21,22). The molecule has 0 atom stereocenters. The summed E-state index contributed by atoms with van der Waals surface area (Å²) < 4.78 is 8.39. The number of fused-ring (bicyclic) bond motifs is 2. The van der Waals surface area contributed by atoms with Crippen molar-refractivity contribution >= 4 is 16.9 Å². The number of benzene rings is 1. The molecule has 0 unspecified atom stereocenters. The lowest BCUT2D eigenvalue weighted by molar-refractivity contribution is 0.140. The second-order valence-corrected chi connectivity index (χ2v) is 6.64. The minimum absolute atomic E-state index is 0.0920. The molecule has 0 aliphatic heterocycles. The summed E-state index contributed by atoms with van der Waals surface area (Å²) in [5.74, 6) is 0.962. The maximum atomic E-state index is 12.8. The minimum atomic E-state index is -0.254. The Balaban J connectivity index is 1.73. The first-order valence-electron chi connectivity index (χ1n) is 8.97. The van der Waals surface area contributed by atoms with Crippen molar-refractivity contribution < 1.29 is 14.9 Å². The summed E-state index contributed by atoms with van der Waals surface area (Å²) in [6.07, 6.45) is 3.83. The van der Waals surface area contributed by atoms with Gasteiger partial charge in [0.05, 0.1) is 19.1 Å². The van der Waals surface area contributed by atoms with E-state index in [1.165, 1.54) is 4.40 Å². The molecule has 9 heteroatoms. The topological polar surface area (TPSA) is 118 Å². The average molecular weight is 383 g/mol. The van der Waals surface area contributed by atoms with Gasteiger partial charge >= 0.3 is 0 Å². The lowest BCUT2D eigenvalue weighted by atomic mass is 10.1. The van der Waals surface area contributed by atoms with E-state index in [0.29, 0.717) is 24.4 Å². The fourth-order valence-electron chi connectivity index (χ4n) is 3.14. The maximum Gasteiger partial charge on any atom is 0.287 e. The molecule has 0 bridgehead atoms. The Bertz CT molecular complexity index is 1150. The van der Waals surface area contributed by atoms with E-state index < -0.39 is 0 Å². The number of aromatic amines is 1. The van der Waals surface area contributed by atoms with E-state index >= 15 is 0 Å². The third-order valence-electron chi connectivity index (χ3n) is 4.87. The third-order valence-corrected chi connectivity index (χ3v) is 4.87. The monoisotopic (exact) mass is 383 g/mol. The van der Waals surface area contributed by atoms with Crippen molar-refractivity contribution in [2.24, 2.45) is 5.92 Å². The Labute approximate surface area is 159 Å². The Hall–Kier alpha value is -3.17. The molecule has 4 rings (SSSR count). The van der Waals surface area contributed by atoms with Crippen molar-refractivity contribution in [3.63, 3.8) is 0 Å². The molecule has 0 saturated heterocycles. The molecule has 1 aromatic carbocycles. The summed E-state index contributed by atoms with van der Waals surface area (Å²) >= 11 is 0. The van der Waals surface area contributed by atoms with Gasteiger partial charge in [0, 0.05) is 31.9 Å². The lowest BCUT2D eigenvalue weighted by Crippen LogP contribution is -2.16. The van der Waals surface area contributed by atoms with Gasteiger partial charge in [-0.2, -0.15) is 4.98 Å². The van der Waals surface area contributed by atoms with Crippen LogP contribution in [0.2, 0.25) is 0 Å². The first kappa shape index (κ1) is 18.2. The maximum absolute atomic E-state index is 12.8. The number of hydrogen-bond acceptors (Lipinski definition) is 6. The number of H-pyrrole nitrogens is 1. The van der Waals surface area contributed by atoms with Gasteiger partial charge in [-0.05, 0) is 36.2 Å². The summed E-state index contributed by atoms with van der Waals surface area (Å²) in [6, 6.07) is 7.50. The molecule has 4 aromatic rings. The summed E-state index contributed by atoms with van der Waals surface area (Å²) in [7, 11) is 1.61. The highest BCUT2D eigenvalue weighted by atomic mass is 16.5. The van der Waals surface area contributed by atoms with E-state index in [0.717, 1.165) is 17.0 Å². The van der Waals surface area contributed by atoms with Crippen LogP contribution in [-0.2, 0) is 6.54 Å². The SMILES string of the molecule is COc1ccc(-c2cn3c(=O)c4ncn(CCC(CO)CO)c4nc3[nH]2)cc1. The van der Waals surface area contributed by atoms with Crippen molar-refractivity contribution in [1.82, 2.24) is 23.9 Å². The van der Waals surface area contributed by atoms with E-state index in [4.69, 9.17) is 4.74 Å². The quantitative estimate of drug-likeness (QED) is 0.439. The van der Waals surface area contributed by atoms with Crippen LogP contribution in [0, 0.1) is 5.92 Å². The Morgan fingerprint density at radius 1 is 1.21 bits per heavy atom. The highest BCUT2D eigenvalue weighted by Crippen LogP contribution is 2.22. The van der Waals surface area contributed by atoms with Crippen LogP contribution in [0.25, 0.3) is 28.2 Å². The molecule has 146 valence electrons. The molecular weight excluding hydrogens is 362 g/mol. The number of methoxy groups -OCH3 is 1. The molecule has 3 N–H and O–H groups in total. The molecule has 0 aliphatic carbocycles. The number of aromatic nitrogens is 5. The summed E-state index contributed by atoms with van der Waals surface area (Å²) in [4.78, 5) is 24.8. The zero-order valence-electron chi connectivity index (χ0n) is 15.4. The highest BCUT2D eigenvalue weighted by molar-refractivity contribution is 5.73. The summed E-state index contributed by atoms with van der Waals surface area (Å²) in [5, 5.41) is 18.5. The normalized spacial score (nSPS) is 11.7. The number of ether oxygens (including phenoxy) is 1. The lowest BCUT2D eigenvalue weighted by Gasteiger charge is -2.10. The number of nitrogens with one attached hydrogen (secondary N) is 1. The molecular formula is C19H21N5O4. The van der Waals surface area contributed by atoms with E-state index in [-0.39, 0.29) is 30.2 Å². The second-order valence-electron chi connectivity index (χ2n) is 6.64. The molecule has 0 aliphatic rings. The smallest absolute Gasteiger partial charge is 0.287 e. The number of aliphatic hydroxyl groups is 2. The van der Waals surface area contributed by atoms with E-state index in [2.05, 4.69) is 15.0 Å². The Morgan fingerprint density at radius 2 is 1.96 bits per heavy atom. The van der Waals surface area contributed by atoms with Crippen LogP contribution >= 0.6 is 0 Å². The van der Waals surface area contributed by atoms with E-state index in [9.17, 15) is 15.0 Å². The minimum Gasteiger partial charge on any atom is -0.497 e. The number of aliphatic hydroxyl groups excluding tert-OH is 2. The van der Waals surface area contributed by atoms with Gasteiger partial charge in [-0.15, -0.1) is 0 Å². The molecule has 0 radical (unpaired) electrons. The van der Waals surface area contributed by atoms with Crippen LogP contribution in [0.15, 0.2) is 41.6 Å². The summed E-state index contributed by atoms with van der Waals surface area (Å²) in [6.45, 7) is 0.313. The number of aryl methyl sites for hydroxylation is 1. The first-order valence-corrected chi connectivity index (χ1v) is 8.97. The van der Waals surface area contributed by atoms with Crippen LogP contribution in [-0.4, -0.2) is 54.5 Å². The van der Waals surface area contributed by atoms with Crippen molar-refractivity contribution in [3.8, 4) is 17.0 Å². The van der Waals surface area contributed by atoms with Gasteiger partial charge in [-0.25, -0.2) is 9.38 Å². The molecule has 0 saturated carbocycles. The van der Waals surface area contributed by atoms with Crippen molar-refractivity contribution in [2.75, 3.05) is 20.3 Å². The van der Waals surface area contributed by atoms with Gasteiger partial charge < -0.3 is 24.5 Å². The zero-order valence-corrected chi connectivity index (χ0v) is 15.4. The third kappa shape index (κ3) is 3.14. The summed E-state index contributed by atoms with van der Waals surface area (Å²) in [5.41, 5.74) is 2.16. The van der Waals surface area contributed by atoms with Crippen molar-refractivity contribution in [3.05, 3.63) is 47.1 Å². The first-order chi connectivity index (χ1) is 13.6.